The highest BCUT2D eigenvalue weighted by Gasteiger charge is 2.25. The van der Waals surface area contributed by atoms with E-state index in [1.54, 1.807) is 37.4 Å². The van der Waals surface area contributed by atoms with Crippen LogP contribution in [0.2, 0.25) is 0 Å². The van der Waals surface area contributed by atoms with Crippen molar-refractivity contribution in [1.82, 2.24) is 14.3 Å². The SMILES string of the molecule is C\C=C(C)/C=c1/c(=O)n(C)c(-c2cnn(CC(F)(F)I)c2)c/c1=C\[C@@H](C)Nc1ccccc1S(C)(=O)=O. The third-order valence-electron chi connectivity index (χ3n) is 5.70. The second-order valence-corrected chi connectivity index (χ2v) is 12.4. The monoisotopic (exact) mass is 642 g/mol. The highest BCUT2D eigenvalue weighted by Crippen LogP contribution is 2.25. The van der Waals surface area contributed by atoms with Crippen molar-refractivity contribution in [3.63, 3.8) is 0 Å². The number of pyridine rings is 1. The van der Waals surface area contributed by atoms with E-state index in [-0.39, 0.29) is 16.5 Å². The van der Waals surface area contributed by atoms with Crippen molar-refractivity contribution in [3.8, 4) is 11.3 Å². The van der Waals surface area contributed by atoms with E-state index in [4.69, 9.17) is 0 Å². The molecule has 0 fully saturated rings. The van der Waals surface area contributed by atoms with Crippen molar-refractivity contribution in [3.05, 3.63) is 75.2 Å². The first-order chi connectivity index (χ1) is 17.2. The Kier molecular flexibility index (Phi) is 8.78. The second kappa shape index (κ2) is 11.3. The summed E-state index contributed by atoms with van der Waals surface area (Å²) in [5.41, 5.74) is 2.11. The van der Waals surface area contributed by atoms with Crippen molar-refractivity contribution in [1.29, 1.82) is 0 Å². The topological polar surface area (TPSA) is 86.0 Å². The van der Waals surface area contributed by atoms with Gasteiger partial charge in [0.05, 0.1) is 22.5 Å². The molecular weight excluding hydrogens is 613 g/mol. The molecule has 11 heteroatoms. The normalized spacial score (nSPS) is 14.8. The summed E-state index contributed by atoms with van der Waals surface area (Å²) in [5.74, 6) is 0. The van der Waals surface area contributed by atoms with Crippen LogP contribution < -0.4 is 21.3 Å². The molecule has 0 unspecified atom stereocenters. The van der Waals surface area contributed by atoms with Crippen LogP contribution >= 0.6 is 22.6 Å². The van der Waals surface area contributed by atoms with Crippen LogP contribution in [0.1, 0.15) is 20.8 Å². The Bertz CT molecular complexity index is 1620. The van der Waals surface area contributed by atoms with Gasteiger partial charge in [-0.05, 0) is 50.3 Å². The third-order valence-corrected chi connectivity index (χ3v) is 7.19. The molecule has 198 valence electrons. The number of hydrogen-bond donors (Lipinski definition) is 1. The zero-order chi connectivity index (χ0) is 27.5. The molecule has 0 saturated carbocycles. The van der Waals surface area contributed by atoms with Crippen LogP contribution in [0.15, 0.2) is 64.1 Å². The average molecular weight is 643 g/mol. The summed E-state index contributed by atoms with van der Waals surface area (Å²) in [7, 11) is -1.83. The molecule has 3 rings (SSSR count). The summed E-state index contributed by atoms with van der Waals surface area (Å²) in [5, 5.41) is 8.31. The molecule has 7 nitrogen and oxygen atoms in total. The van der Waals surface area contributed by atoms with Gasteiger partial charge in [-0.2, -0.15) is 13.9 Å². The first kappa shape index (κ1) is 28.8. The quantitative estimate of drug-likeness (QED) is 0.299. The first-order valence-corrected chi connectivity index (χ1v) is 14.4. The van der Waals surface area contributed by atoms with Crippen LogP contribution in [0.3, 0.4) is 0 Å². The van der Waals surface area contributed by atoms with Gasteiger partial charge in [0.15, 0.2) is 9.84 Å². The fourth-order valence-corrected chi connectivity index (χ4v) is 5.04. The first-order valence-electron chi connectivity index (χ1n) is 11.4. The Balaban J connectivity index is 2.18. The molecule has 0 aliphatic rings. The highest BCUT2D eigenvalue weighted by molar-refractivity contribution is 14.1. The summed E-state index contributed by atoms with van der Waals surface area (Å²) in [6, 6.07) is 8.06. The largest absolute Gasteiger partial charge is 0.378 e. The number of sulfone groups is 1. The molecule has 1 atom stereocenters. The van der Waals surface area contributed by atoms with E-state index in [0.29, 0.717) is 27.4 Å². The van der Waals surface area contributed by atoms with Gasteiger partial charge in [-0.3, -0.25) is 9.48 Å². The summed E-state index contributed by atoms with van der Waals surface area (Å²) < 4.78 is 51.0. The van der Waals surface area contributed by atoms with Gasteiger partial charge in [0.25, 0.3) is 5.56 Å². The minimum absolute atomic E-state index is 0.177. The van der Waals surface area contributed by atoms with Gasteiger partial charge in [0.1, 0.15) is 6.54 Å². The molecule has 0 spiro atoms. The van der Waals surface area contributed by atoms with E-state index in [1.165, 1.54) is 23.0 Å². The van der Waals surface area contributed by atoms with E-state index in [2.05, 4.69) is 10.4 Å². The maximum atomic E-state index is 13.5. The molecule has 1 N–H and O–H groups in total. The third kappa shape index (κ3) is 7.37. The van der Waals surface area contributed by atoms with Crippen LogP contribution in [0.5, 0.6) is 0 Å². The summed E-state index contributed by atoms with van der Waals surface area (Å²) in [6.07, 6.45) is 9.59. The molecule has 1 aromatic carbocycles. The Morgan fingerprint density at radius 2 is 1.97 bits per heavy atom. The van der Waals surface area contributed by atoms with Crippen molar-refractivity contribution >= 4 is 50.3 Å². The predicted molar refractivity (Wildman–Crippen MR) is 152 cm³/mol. The van der Waals surface area contributed by atoms with Gasteiger partial charge >= 0.3 is 3.93 Å². The van der Waals surface area contributed by atoms with E-state index in [1.807, 2.05) is 32.9 Å². The molecule has 2 aromatic heterocycles. The van der Waals surface area contributed by atoms with Crippen molar-refractivity contribution in [2.75, 3.05) is 11.6 Å². The fourth-order valence-electron chi connectivity index (χ4n) is 3.84. The molecular formula is C26H29F2IN4O3S. The number of aromatic nitrogens is 3. The molecule has 2 heterocycles. The lowest BCUT2D eigenvalue weighted by Gasteiger charge is -2.15. The van der Waals surface area contributed by atoms with Crippen molar-refractivity contribution in [2.45, 2.75) is 42.2 Å². The number of hydrogen-bond acceptors (Lipinski definition) is 5. The summed E-state index contributed by atoms with van der Waals surface area (Å²) in [4.78, 5) is 13.6. The van der Waals surface area contributed by atoms with Gasteiger partial charge in [0.2, 0.25) is 0 Å². The number of rotatable bonds is 8. The highest BCUT2D eigenvalue weighted by atomic mass is 127. The minimum atomic E-state index is -3.45. The Labute approximate surface area is 228 Å². The van der Waals surface area contributed by atoms with Gasteiger partial charge in [-0.1, -0.05) is 29.9 Å². The lowest BCUT2D eigenvalue weighted by molar-refractivity contribution is 0.101. The maximum Gasteiger partial charge on any atom is 0.315 e. The van der Waals surface area contributed by atoms with Gasteiger partial charge in [0, 0.05) is 58.9 Å². The van der Waals surface area contributed by atoms with Crippen molar-refractivity contribution < 1.29 is 17.2 Å². The number of nitrogens with one attached hydrogen (secondary N) is 1. The van der Waals surface area contributed by atoms with E-state index in [0.717, 1.165) is 39.1 Å². The molecule has 0 aliphatic carbocycles. The number of benzene rings is 1. The Hall–Kier alpha value is -2.80. The molecule has 0 aliphatic heterocycles. The standard InChI is InChI=1S/C26H29F2IN4O3S/c1-6-17(2)11-21-19(12-18(3)31-22-9-7-8-10-24(22)37(5,35)36)13-23(32(4)25(21)34)20-14-30-33(15-20)16-26(27,28)29/h6-15,18,31H,16H2,1-5H3/b17-6-,19-12+,21-11+/t18-/m1/s1. The van der Waals surface area contributed by atoms with Crippen LogP contribution in [0.25, 0.3) is 23.4 Å². The molecule has 0 amide bonds. The number of anilines is 1. The van der Waals surface area contributed by atoms with Gasteiger partial charge in [-0.25, -0.2) is 8.42 Å². The van der Waals surface area contributed by atoms with Crippen molar-refractivity contribution in [2.24, 2.45) is 7.05 Å². The number of para-hydroxylation sites is 1. The summed E-state index contributed by atoms with van der Waals surface area (Å²) >= 11 is 1.06. The van der Waals surface area contributed by atoms with Gasteiger partial charge in [-0.15, -0.1) is 0 Å². The fraction of sp³-hybridized carbons (Fsp3) is 0.308. The van der Waals surface area contributed by atoms with Crippen LogP contribution in [-0.4, -0.2) is 39.0 Å². The second-order valence-electron chi connectivity index (χ2n) is 8.85. The number of allylic oxidation sites excluding steroid dienone is 2. The number of nitrogens with zero attached hydrogens (tertiary/aromatic N) is 3. The molecule has 3 aromatic rings. The molecule has 37 heavy (non-hydrogen) atoms. The lowest BCUT2D eigenvalue weighted by Crippen LogP contribution is -2.45. The average Bonchev–Trinajstić information content (AvgIpc) is 3.24. The Morgan fingerprint density at radius 3 is 2.59 bits per heavy atom. The molecule has 0 radical (unpaired) electrons. The predicted octanol–water partition coefficient (Wildman–Crippen LogP) is 3.71. The van der Waals surface area contributed by atoms with E-state index >= 15 is 0 Å². The zero-order valence-corrected chi connectivity index (χ0v) is 24.1. The minimum Gasteiger partial charge on any atom is -0.378 e. The maximum absolute atomic E-state index is 13.5. The number of halogens is 3. The molecule has 0 bridgehead atoms. The van der Waals surface area contributed by atoms with Crippen LogP contribution in [-0.2, 0) is 23.4 Å². The van der Waals surface area contributed by atoms with E-state index in [9.17, 15) is 22.0 Å². The number of alkyl halides is 3. The van der Waals surface area contributed by atoms with E-state index < -0.39 is 20.3 Å². The Morgan fingerprint density at radius 1 is 1.30 bits per heavy atom. The zero-order valence-electron chi connectivity index (χ0n) is 21.2. The summed E-state index contributed by atoms with van der Waals surface area (Å²) in [6.45, 7) is 5.02. The molecule has 0 saturated heterocycles. The smallest absolute Gasteiger partial charge is 0.315 e. The van der Waals surface area contributed by atoms with Crippen LogP contribution in [0, 0.1) is 0 Å². The van der Waals surface area contributed by atoms with Gasteiger partial charge < -0.3 is 9.88 Å². The van der Waals surface area contributed by atoms with Crippen LogP contribution in [0.4, 0.5) is 14.5 Å². The lowest BCUT2D eigenvalue weighted by atomic mass is 10.1.